The van der Waals surface area contributed by atoms with Gasteiger partial charge in [-0.1, -0.05) is 12.2 Å². The van der Waals surface area contributed by atoms with Crippen molar-refractivity contribution in [3.05, 3.63) is 12.2 Å². The van der Waals surface area contributed by atoms with E-state index in [1.54, 1.807) is 0 Å². The molecule has 2 unspecified atom stereocenters. The number of rotatable bonds is 3. The Kier molecular flexibility index (Phi) is 2.12. The van der Waals surface area contributed by atoms with Gasteiger partial charge in [0.15, 0.2) is 0 Å². The van der Waals surface area contributed by atoms with Crippen molar-refractivity contribution >= 4 is 5.97 Å². The lowest BCUT2D eigenvalue weighted by Crippen LogP contribution is -2.34. The van der Waals surface area contributed by atoms with Crippen LogP contribution >= 0.6 is 0 Å². The van der Waals surface area contributed by atoms with E-state index >= 15 is 0 Å². The minimum atomic E-state index is -0.0706. The molecule has 2 rings (SSSR count). The highest BCUT2D eigenvalue weighted by Crippen LogP contribution is 2.47. The number of ether oxygens (including phenoxy) is 2. The Hall–Kier alpha value is -0.830. The third-order valence-electron chi connectivity index (χ3n) is 2.84. The Morgan fingerprint density at radius 3 is 3.08 bits per heavy atom. The summed E-state index contributed by atoms with van der Waals surface area (Å²) in [7, 11) is 0. The molecule has 3 nitrogen and oxygen atoms in total. The Bertz CT molecular complexity index is 247. The highest BCUT2D eigenvalue weighted by atomic mass is 16.6. The Morgan fingerprint density at radius 2 is 2.46 bits per heavy atom. The molecule has 0 bridgehead atoms. The average molecular weight is 182 g/mol. The summed E-state index contributed by atoms with van der Waals surface area (Å²) in [5.74, 6) is 0.249. The van der Waals surface area contributed by atoms with Crippen LogP contribution in [-0.2, 0) is 14.3 Å². The summed E-state index contributed by atoms with van der Waals surface area (Å²) >= 11 is 0. The summed E-state index contributed by atoms with van der Waals surface area (Å²) in [5, 5.41) is 0. The quantitative estimate of drug-likeness (QED) is 0.485. The molecule has 72 valence electrons. The van der Waals surface area contributed by atoms with E-state index in [0.717, 1.165) is 12.0 Å². The molecule has 0 aromatic carbocycles. The predicted octanol–water partition coefficient (Wildman–Crippen LogP) is 1.14. The van der Waals surface area contributed by atoms with Gasteiger partial charge < -0.3 is 9.47 Å². The molecule has 1 saturated carbocycles. The lowest BCUT2D eigenvalue weighted by atomic mass is 9.69. The molecule has 1 saturated heterocycles. The Labute approximate surface area is 77.7 Å². The van der Waals surface area contributed by atoms with Gasteiger partial charge in [0.2, 0.25) is 0 Å². The fourth-order valence-electron chi connectivity index (χ4n) is 2.10. The van der Waals surface area contributed by atoms with Crippen LogP contribution in [0.15, 0.2) is 12.2 Å². The molecule has 2 fully saturated rings. The molecule has 13 heavy (non-hydrogen) atoms. The van der Waals surface area contributed by atoms with Gasteiger partial charge in [0, 0.05) is 12.5 Å². The second-order valence-corrected chi connectivity index (χ2v) is 3.63. The number of carbonyl (C=O) groups is 1. The van der Waals surface area contributed by atoms with Gasteiger partial charge in [0.05, 0.1) is 12.5 Å². The van der Waals surface area contributed by atoms with Crippen LogP contribution in [0.1, 0.15) is 13.3 Å². The minimum Gasteiger partial charge on any atom is -0.459 e. The number of carbonyl (C=O) groups excluding carboxylic acids is 1. The molecule has 1 aliphatic heterocycles. The van der Waals surface area contributed by atoms with E-state index in [1.807, 2.05) is 6.92 Å². The van der Waals surface area contributed by atoms with Crippen LogP contribution in [0.5, 0.6) is 0 Å². The lowest BCUT2D eigenvalue weighted by molar-refractivity contribution is -0.145. The monoisotopic (exact) mass is 182 g/mol. The SMILES string of the molecule is C=C1CC2C(=O)OC(COCC)[C@@H]12. The van der Waals surface area contributed by atoms with Gasteiger partial charge in [-0.2, -0.15) is 0 Å². The van der Waals surface area contributed by atoms with Crippen LogP contribution in [0.25, 0.3) is 0 Å². The van der Waals surface area contributed by atoms with Crippen LogP contribution in [0.3, 0.4) is 0 Å². The van der Waals surface area contributed by atoms with Gasteiger partial charge in [-0.15, -0.1) is 0 Å². The van der Waals surface area contributed by atoms with Gasteiger partial charge in [-0.25, -0.2) is 0 Å². The first-order valence-corrected chi connectivity index (χ1v) is 4.70. The molecule has 3 heteroatoms. The molecule has 2 aliphatic rings. The number of cyclic esters (lactones) is 1. The zero-order valence-corrected chi connectivity index (χ0v) is 7.79. The zero-order valence-electron chi connectivity index (χ0n) is 7.79. The third-order valence-corrected chi connectivity index (χ3v) is 2.84. The number of hydrogen-bond acceptors (Lipinski definition) is 3. The van der Waals surface area contributed by atoms with E-state index < -0.39 is 0 Å². The van der Waals surface area contributed by atoms with Crippen molar-refractivity contribution in [1.29, 1.82) is 0 Å². The van der Waals surface area contributed by atoms with Crippen molar-refractivity contribution in [3.63, 3.8) is 0 Å². The van der Waals surface area contributed by atoms with Crippen LogP contribution in [0.4, 0.5) is 0 Å². The third kappa shape index (κ3) is 1.27. The molecule has 1 heterocycles. The second kappa shape index (κ2) is 3.14. The summed E-state index contributed by atoms with van der Waals surface area (Å²) in [4.78, 5) is 11.2. The molecule has 0 N–H and O–H groups in total. The largest absolute Gasteiger partial charge is 0.459 e. The fraction of sp³-hybridized carbons (Fsp3) is 0.700. The van der Waals surface area contributed by atoms with Crippen molar-refractivity contribution in [2.75, 3.05) is 13.2 Å². The van der Waals surface area contributed by atoms with Crippen molar-refractivity contribution < 1.29 is 14.3 Å². The molecule has 0 radical (unpaired) electrons. The van der Waals surface area contributed by atoms with Gasteiger partial charge in [-0.3, -0.25) is 4.79 Å². The molecule has 1 aliphatic carbocycles. The van der Waals surface area contributed by atoms with E-state index in [1.165, 1.54) is 0 Å². The second-order valence-electron chi connectivity index (χ2n) is 3.63. The summed E-state index contributed by atoms with van der Waals surface area (Å²) in [6, 6.07) is 0. The van der Waals surface area contributed by atoms with Crippen molar-refractivity contribution in [3.8, 4) is 0 Å². The molecular weight excluding hydrogens is 168 g/mol. The highest BCUT2D eigenvalue weighted by Gasteiger charge is 2.52. The average Bonchev–Trinajstić information content (AvgIpc) is 2.33. The number of fused-ring (bicyclic) bond motifs is 1. The predicted molar refractivity (Wildman–Crippen MR) is 47.1 cm³/mol. The van der Waals surface area contributed by atoms with Crippen LogP contribution in [0, 0.1) is 11.8 Å². The van der Waals surface area contributed by atoms with Gasteiger partial charge in [0.25, 0.3) is 0 Å². The fourth-order valence-corrected chi connectivity index (χ4v) is 2.10. The summed E-state index contributed by atoms with van der Waals surface area (Å²) < 4.78 is 10.4. The van der Waals surface area contributed by atoms with E-state index in [9.17, 15) is 4.79 Å². The molecular formula is C10H14O3. The summed E-state index contributed by atoms with van der Waals surface area (Å²) in [5.41, 5.74) is 1.14. The first kappa shape index (κ1) is 8.75. The standard InChI is InChI=1S/C10H14O3/c1-3-12-5-8-9-6(2)4-7(9)10(11)13-8/h7-9H,2-5H2,1H3/t7?,8?,9-/m0/s1. The molecule has 0 aromatic rings. The number of hydrogen-bond donors (Lipinski definition) is 0. The Balaban J connectivity index is 1.97. The summed E-state index contributed by atoms with van der Waals surface area (Å²) in [6.45, 7) is 7.02. The first-order valence-electron chi connectivity index (χ1n) is 4.70. The van der Waals surface area contributed by atoms with Gasteiger partial charge in [-0.05, 0) is 13.3 Å². The van der Waals surface area contributed by atoms with E-state index in [0.29, 0.717) is 13.2 Å². The maximum Gasteiger partial charge on any atom is 0.310 e. The maximum atomic E-state index is 11.2. The van der Waals surface area contributed by atoms with Gasteiger partial charge >= 0.3 is 5.97 Å². The van der Waals surface area contributed by atoms with Crippen LogP contribution in [0.2, 0.25) is 0 Å². The lowest BCUT2D eigenvalue weighted by Gasteiger charge is -2.32. The molecule has 0 aromatic heterocycles. The Morgan fingerprint density at radius 1 is 1.69 bits per heavy atom. The van der Waals surface area contributed by atoms with Crippen LogP contribution < -0.4 is 0 Å². The minimum absolute atomic E-state index is 0.0675. The van der Waals surface area contributed by atoms with Crippen LogP contribution in [-0.4, -0.2) is 25.3 Å². The molecule has 3 atom stereocenters. The van der Waals surface area contributed by atoms with E-state index in [4.69, 9.17) is 9.47 Å². The van der Waals surface area contributed by atoms with Crippen molar-refractivity contribution in [1.82, 2.24) is 0 Å². The zero-order chi connectivity index (χ0) is 9.42. The molecule has 0 spiro atoms. The van der Waals surface area contributed by atoms with E-state index in [2.05, 4.69) is 6.58 Å². The number of esters is 1. The highest BCUT2D eigenvalue weighted by molar-refractivity contribution is 5.78. The smallest absolute Gasteiger partial charge is 0.310 e. The van der Waals surface area contributed by atoms with Crippen molar-refractivity contribution in [2.45, 2.75) is 19.4 Å². The topological polar surface area (TPSA) is 35.5 Å². The van der Waals surface area contributed by atoms with Crippen molar-refractivity contribution in [2.24, 2.45) is 11.8 Å². The summed E-state index contributed by atoms with van der Waals surface area (Å²) in [6.07, 6.45) is 0.741. The van der Waals surface area contributed by atoms with Gasteiger partial charge in [0.1, 0.15) is 6.10 Å². The maximum absolute atomic E-state index is 11.2. The molecule has 0 amide bonds. The normalized spacial score (nSPS) is 36.8. The first-order chi connectivity index (χ1) is 6.24. The van der Waals surface area contributed by atoms with E-state index in [-0.39, 0.29) is 23.9 Å².